The van der Waals surface area contributed by atoms with Gasteiger partial charge in [-0.15, -0.1) is 12.8 Å². The second kappa shape index (κ2) is 15.2. The Labute approximate surface area is 132 Å². The molecule has 2 atom stereocenters. The Bertz CT molecular complexity index is 249. The summed E-state index contributed by atoms with van der Waals surface area (Å²) in [6.07, 6.45) is 3.28. The van der Waals surface area contributed by atoms with E-state index in [2.05, 4.69) is 27.0 Å². The summed E-state index contributed by atoms with van der Waals surface area (Å²) in [6.45, 7) is 17.2. The van der Waals surface area contributed by atoms with Crippen molar-refractivity contribution in [2.24, 2.45) is 0 Å². The summed E-state index contributed by atoms with van der Waals surface area (Å²) < 4.78 is 9.46. The van der Waals surface area contributed by atoms with Gasteiger partial charge >= 0.3 is 35.0 Å². The summed E-state index contributed by atoms with van der Waals surface area (Å²) in [5, 5.41) is 0. The Morgan fingerprint density at radius 3 is 1.42 bits per heavy atom. The molecule has 4 nitrogen and oxygen atoms in total. The van der Waals surface area contributed by atoms with E-state index >= 15 is 0 Å². The fourth-order valence-electron chi connectivity index (χ4n) is 0.611. The van der Waals surface area contributed by atoms with Gasteiger partial charge in [0.25, 0.3) is 0 Å². The molecule has 0 radical (unpaired) electrons. The van der Waals surface area contributed by atoms with Gasteiger partial charge in [-0.05, 0) is 13.8 Å². The van der Waals surface area contributed by atoms with Gasteiger partial charge in [0.05, 0.1) is 12.2 Å². The quantitative estimate of drug-likeness (QED) is 0.324. The molecule has 0 aliphatic carbocycles. The Balaban J connectivity index is -0.000000256. The van der Waals surface area contributed by atoms with E-state index in [0.29, 0.717) is 12.8 Å². The summed E-state index contributed by atoms with van der Waals surface area (Å²) in [5.41, 5.74) is 0. The summed E-state index contributed by atoms with van der Waals surface area (Å²) in [4.78, 5) is 20.8. The maximum absolute atomic E-state index is 10.4. The molecule has 0 rings (SSSR count). The van der Waals surface area contributed by atoms with Crippen LogP contribution in [0.1, 0.15) is 26.7 Å². The summed E-state index contributed by atoms with van der Waals surface area (Å²) in [6, 6.07) is 0. The SMILES string of the molecule is C=CC(=O)OC(C)C[CH2-].C=CC(=O)OC(C)C[CH2-].[Mg+2]. The molecule has 0 amide bonds. The summed E-state index contributed by atoms with van der Waals surface area (Å²) in [7, 11) is 0. The minimum Gasteiger partial charge on any atom is -0.462 e. The van der Waals surface area contributed by atoms with Gasteiger partial charge < -0.3 is 23.3 Å². The van der Waals surface area contributed by atoms with E-state index in [1.807, 2.05) is 0 Å². The van der Waals surface area contributed by atoms with E-state index in [9.17, 15) is 9.59 Å². The molecule has 0 aromatic carbocycles. The standard InChI is InChI=1S/2C7H11O2.Mg/c2*1-4-6(3)9-7(8)5-2;/h2*5-6H,1-2,4H2,3H3;/q2*-1;+2. The first kappa shape index (κ1) is 23.3. The van der Waals surface area contributed by atoms with Gasteiger partial charge in [-0.2, -0.15) is 0 Å². The normalized spacial score (nSPS) is 11.6. The predicted octanol–water partition coefficient (Wildman–Crippen LogP) is 2.28. The van der Waals surface area contributed by atoms with Crippen LogP contribution in [-0.2, 0) is 19.1 Å². The van der Waals surface area contributed by atoms with Gasteiger partial charge in [0.2, 0.25) is 0 Å². The average molecular weight is 279 g/mol. The van der Waals surface area contributed by atoms with Crippen molar-refractivity contribution >= 4 is 35.0 Å². The van der Waals surface area contributed by atoms with Gasteiger partial charge in [-0.1, -0.05) is 13.2 Å². The maximum atomic E-state index is 10.4. The molecule has 0 bridgehead atoms. The van der Waals surface area contributed by atoms with E-state index in [1.165, 1.54) is 0 Å². The van der Waals surface area contributed by atoms with E-state index in [-0.39, 0.29) is 47.2 Å². The van der Waals surface area contributed by atoms with Gasteiger partial charge in [-0.3, -0.25) is 0 Å². The van der Waals surface area contributed by atoms with Crippen molar-refractivity contribution in [1.29, 1.82) is 0 Å². The third-order valence-electron chi connectivity index (χ3n) is 1.78. The molecule has 0 aliphatic rings. The Morgan fingerprint density at radius 2 is 1.26 bits per heavy atom. The van der Waals surface area contributed by atoms with Gasteiger partial charge in [0.1, 0.15) is 0 Å². The molecule has 0 saturated carbocycles. The topological polar surface area (TPSA) is 52.6 Å². The third-order valence-corrected chi connectivity index (χ3v) is 1.78. The second-order valence-electron chi connectivity index (χ2n) is 3.48. The second-order valence-corrected chi connectivity index (χ2v) is 3.48. The van der Waals surface area contributed by atoms with Crippen LogP contribution in [0.2, 0.25) is 0 Å². The van der Waals surface area contributed by atoms with Crippen molar-refractivity contribution in [3.05, 3.63) is 39.2 Å². The van der Waals surface area contributed by atoms with Crippen molar-refractivity contribution in [1.82, 2.24) is 0 Å². The first-order valence-electron chi connectivity index (χ1n) is 5.65. The van der Waals surface area contributed by atoms with Crippen LogP contribution in [0, 0.1) is 13.8 Å². The van der Waals surface area contributed by atoms with Crippen LogP contribution in [0.25, 0.3) is 0 Å². The molecule has 0 fully saturated rings. The molecule has 0 N–H and O–H groups in total. The molecule has 0 heterocycles. The first-order valence-corrected chi connectivity index (χ1v) is 5.65. The van der Waals surface area contributed by atoms with Gasteiger partial charge in [0.15, 0.2) is 0 Å². The van der Waals surface area contributed by atoms with Crippen molar-refractivity contribution in [3.63, 3.8) is 0 Å². The minimum absolute atomic E-state index is 0. The van der Waals surface area contributed by atoms with Gasteiger partial charge in [0, 0.05) is 12.2 Å². The number of ether oxygens (including phenoxy) is 2. The molecule has 0 spiro atoms. The number of carbonyl (C=O) groups excluding carboxylic acids is 2. The fourth-order valence-corrected chi connectivity index (χ4v) is 0.611. The zero-order valence-corrected chi connectivity index (χ0v) is 13.3. The molecular formula is C14H22MgO4. The van der Waals surface area contributed by atoms with Crippen molar-refractivity contribution < 1.29 is 19.1 Å². The predicted molar refractivity (Wildman–Crippen MR) is 77.2 cm³/mol. The molecule has 0 aromatic heterocycles. The molecule has 2 unspecified atom stereocenters. The molecule has 19 heavy (non-hydrogen) atoms. The van der Waals surface area contributed by atoms with Gasteiger partial charge in [-0.25, -0.2) is 9.59 Å². The monoisotopic (exact) mass is 278 g/mol. The Morgan fingerprint density at radius 1 is 1.00 bits per heavy atom. The molecule has 0 aliphatic heterocycles. The van der Waals surface area contributed by atoms with Crippen LogP contribution in [0.3, 0.4) is 0 Å². The zero-order valence-electron chi connectivity index (χ0n) is 11.9. The number of carbonyl (C=O) groups is 2. The van der Waals surface area contributed by atoms with Crippen LogP contribution in [0.15, 0.2) is 25.3 Å². The van der Waals surface area contributed by atoms with Crippen molar-refractivity contribution in [2.75, 3.05) is 0 Å². The van der Waals surface area contributed by atoms with Crippen molar-refractivity contribution in [3.8, 4) is 0 Å². The van der Waals surface area contributed by atoms with Crippen LogP contribution in [0.5, 0.6) is 0 Å². The number of esters is 2. The van der Waals surface area contributed by atoms with Crippen LogP contribution in [0.4, 0.5) is 0 Å². The largest absolute Gasteiger partial charge is 2.00 e. The smallest absolute Gasteiger partial charge is 0.462 e. The number of hydrogen-bond acceptors (Lipinski definition) is 4. The molecular weight excluding hydrogens is 256 g/mol. The molecule has 5 heteroatoms. The number of rotatable bonds is 6. The van der Waals surface area contributed by atoms with E-state index in [4.69, 9.17) is 9.47 Å². The average Bonchev–Trinajstić information content (AvgIpc) is 2.38. The zero-order chi connectivity index (χ0) is 14.6. The molecule has 0 aromatic rings. The third kappa shape index (κ3) is 17.2. The van der Waals surface area contributed by atoms with Crippen LogP contribution < -0.4 is 0 Å². The number of hydrogen-bond donors (Lipinski definition) is 0. The van der Waals surface area contributed by atoms with E-state index in [1.54, 1.807) is 13.8 Å². The summed E-state index contributed by atoms with van der Waals surface area (Å²) >= 11 is 0. The van der Waals surface area contributed by atoms with Crippen molar-refractivity contribution in [2.45, 2.75) is 38.9 Å². The van der Waals surface area contributed by atoms with E-state index < -0.39 is 0 Å². The Hall–Kier alpha value is -0.814. The maximum Gasteiger partial charge on any atom is 2.00 e. The van der Waals surface area contributed by atoms with Crippen LogP contribution in [-0.4, -0.2) is 47.2 Å². The van der Waals surface area contributed by atoms with E-state index in [0.717, 1.165) is 12.2 Å². The minimum atomic E-state index is -0.383. The molecule has 0 saturated heterocycles. The fraction of sp³-hybridized carbons (Fsp3) is 0.429. The summed E-state index contributed by atoms with van der Waals surface area (Å²) in [5.74, 6) is -0.766. The Kier molecular flexibility index (Phi) is 18.7. The molecule has 104 valence electrons. The first-order chi connectivity index (χ1) is 8.40. The van der Waals surface area contributed by atoms with Crippen LogP contribution >= 0.6 is 0 Å².